The molecule has 0 spiro atoms. The minimum atomic E-state index is -0.922. The second-order valence-electron chi connectivity index (χ2n) is 7.03. The summed E-state index contributed by atoms with van der Waals surface area (Å²) in [5.74, 6) is -0.922. The number of fused-ring (bicyclic) bond motifs is 1. The Hall–Kier alpha value is -2.34. The molecule has 0 saturated heterocycles. The average Bonchev–Trinajstić information content (AvgIpc) is 3.03. The number of carboxylic acid groups (broad SMARTS) is 1. The van der Waals surface area contributed by atoms with Gasteiger partial charge in [-0.05, 0) is 30.8 Å². The predicted octanol–water partition coefficient (Wildman–Crippen LogP) is 4.47. The number of rotatable bonds is 10. The summed E-state index contributed by atoms with van der Waals surface area (Å²) in [5.41, 5.74) is 2.95. The van der Waals surface area contributed by atoms with Gasteiger partial charge in [-0.3, -0.25) is 0 Å². The molecular formula is C23H28ClN3O2. The molecule has 0 unspecified atom stereocenters. The molecule has 0 aliphatic carbocycles. The van der Waals surface area contributed by atoms with Crippen LogP contribution < -0.4 is 5.32 Å². The topological polar surface area (TPSA) is 57.5 Å². The summed E-state index contributed by atoms with van der Waals surface area (Å²) < 4.78 is 1.86. The van der Waals surface area contributed by atoms with Crippen molar-refractivity contribution in [1.29, 1.82) is 0 Å². The maximum Gasteiger partial charge on any atom is 0.352 e. The number of hydrogen-bond donors (Lipinski definition) is 2. The van der Waals surface area contributed by atoms with E-state index in [0.29, 0.717) is 23.8 Å². The van der Waals surface area contributed by atoms with Crippen LogP contribution in [0.1, 0.15) is 35.5 Å². The second-order valence-corrected chi connectivity index (χ2v) is 7.44. The summed E-state index contributed by atoms with van der Waals surface area (Å²) in [7, 11) is 0. The molecule has 2 aromatic carbocycles. The normalized spacial score (nSPS) is 11.4. The molecule has 0 amide bonds. The molecule has 1 heterocycles. The lowest BCUT2D eigenvalue weighted by atomic mass is 10.1. The molecule has 0 radical (unpaired) electrons. The van der Waals surface area contributed by atoms with Crippen molar-refractivity contribution in [3.05, 3.63) is 70.4 Å². The van der Waals surface area contributed by atoms with Crippen LogP contribution in [-0.2, 0) is 13.1 Å². The summed E-state index contributed by atoms with van der Waals surface area (Å²) in [6, 6.07) is 15.4. The van der Waals surface area contributed by atoms with E-state index in [9.17, 15) is 9.90 Å². The summed E-state index contributed by atoms with van der Waals surface area (Å²) >= 11 is 6.35. The second kappa shape index (κ2) is 9.92. The van der Waals surface area contributed by atoms with Crippen LogP contribution in [0, 0.1) is 0 Å². The number of aromatic nitrogens is 1. The van der Waals surface area contributed by atoms with E-state index in [0.717, 1.165) is 48.2 Å². The number of nitrogens with zero attached hydrogens (tertiary/aromatic N) is 2. The van der Waals surface area contributed by atoms with Gasteiger partial charge in [-0.25, -0.2) is 4.79 Å². The number of para-hydroxylation sites is 1. The van der Waals surface area contributed by atoms with E-state index in [1.807, 2.05) is 53.1 Å². The van der Waals surface area contributed by atoms with E-state index in [4.69, 9.17) is 11.6 Å². The number of halogens is 1. The smallest absolute Gasteiger partial charge is 0.352 e. The fraction of sp³-hybridized carbons (Fsp3) is 0.348. The Morgan fingerprint density at radius 1 is 1.10 bits per heavy atom. The minimum Gasteiger partial charge on any atom is -0.477 e. The molecule has 0 aliphatic rings. The van der Waals surface area contributed by atoms with E-state index < -0.39 is 5.97 Å². The quantitative estimate of drug-likeness (QED) is 0.481. The fourth-order valence-corrected chi connectivity index (χ4v) is 3.95. The average molecular weight is 414 g/mol. The van der Waals surface area contributed by atoms with Gasteiger partial charge in [-0.1, -0.05) is 61.8 Å². The molecule has 154 valence electrons. The summed E-state index contributed by atoms with van der Waals surface area (Å²) in [6.45, 7) is 8.99. The number of carbonyl (C=O) groups is 1. The van der Waals surface area contributed by atoms with Crippen LogP contribution in [-0.4, -0.2) is 46.7 Å². The lowest BCUT2D eigenvalue weighted by Gasteiger charge is -2.18. The first-order chi connectivity index (χ1) is 14.1. The summed E-state index contributed by atoms with van der Waals surface area (Å²) in [6.07, 6.45) is 0. The van der Waals surface area contributed by atoms with E-state index in [1.165, 1.54) is 0 Å². The molecule has 6 heteroatoms. The standard InChI is InChI=1S/C23H28ClN3O2/c1-3-26(4-2)14-13-25-15-19-18-10-6-8-12-21(18)27(22(19)23(28)29)16-17-9-5-7-11-20(17)24/h5-12,25H,3-4,13-16H2,1-2H3,(H,28,29). The number of likely N-dealkylation sites (N-methyl/N-ethyl adjacent to an activating group) is 1. The first-order valence-corrected chi connectivity index (χ1v) is 10.4. The van der Waals surface area contributed by atoms with Crippen LogP contribution >= 0.6 is 11.6 Å². The summed E-state index contributed by atoms with van der Waals surface area (Å²) in [4.78, 5) is 14.6. The predicted molar refractivity (Wildman–Crippen MR) is 119 cm³/mol. The van der Waals surface area contributed by atoms with Gasteiger partial charge in [0, 0.05) is 47.7 Å². The zero-order valence-electron chi connectivity index (χ0n) is 17.0. The van der Waals surface area contributed by atoms with Gasteiger partial charge < -0.3 is 19.9 Å². The van der Waals surface area contributed by atoms with Gasteiger partial charge in [-0.2, -0.15) is 0 Å². The Bertz CT molecular complexity index is 979. The largest absolute Gasteiger partial charge is 0.477 e. The van der Waals surface area contributed by atoms with Crippen molar-refractivity contribution in [2.24, 2.45) is 0 Å². The zero-order chi connectivity index (χ0) is 20.8. The molecule has 0 saturated carbocycles. The summed E-state index contributed by atoms with van der Waals surface area (Å²) in [5, 5.41) is 15.1. The third-order valence-electron chi connectivity index (χ3n) is 5.37. The van der Waals surface area contributed by atoms with Crippen molar-refractivity contribution in [3.8, 4) is 0 Å². The molecule has 3 rings (SSSR count). The zero-order valence-corrected chi connectivity index (χ0v) is 17.7. The van der Waals surface area contributed by atoms with E-state index in [1.54, 1.807) is 0 Å². The number of aromatic carboxylic acids is 1. The molecule has 0 atom stereocenters. The van der Waals surface area contributed by atoms with Gasteiger partial charge in [0.25, 0.3) is 0 Å². The van der Waals surface area contributed by atoms with Crippen LogP contribution in [0.25, 0.3) is 10.9 Å². The van der Waals surface area contributed by atoms with Crippen LogP contribution in [0.4, 0.5) is 0 Å². The van der Waals surface area contributed by atoms with Gasteiger partial charge in [0.1, 0.15) is 5.69 Å². The third-order valence-corrected chi connectivity index (χ3v) is 5.73. The lowest BCUT2D eigenvalue weighted by molar-refractivity contribution is 0.0684. The van der Waals surface area contributed by atoms with Crippen LogP contribution in [0.15, 0.2) is 48.5 Å². The molecule has 0 bridgehead atoms. The Kier molecular flexibility index (Phi) is 7.31. The highest BCUT2D eigenvalue weighted by molar-refractivity contribution is 6.31. The van der Waals surface area contributed by atoms with E-state index >= 15 is 0 Å². The molecular weight excluding hydrogens is 386 g/mol. The van der Waals surface area contributed by atoms with E-state index in [2.05, 4.69) is 24.1 Å². The van der Waals surface area contributed by atoms with Crippen molar-refractivity contribution in [1.82, 2.24) is 14.8 Å². The number of benzene rings is 2. The molecule has 0 fully saturated rings. The van der Waals surface area contributed by atoms with Crippen molar-refractivity contribution in [2.45, 2.75) is 26.9 Å². The Balaban J connectivity index is 1.94. The Labute approximate surface area is 176 Å². The monoisotopic (exact) mass is 413 g/mol. The van der Waals surface area contributed by atoms with Crippen molar-refractivity contribution in [3.63, 3.8) is 0 Å². The van der Waals surface area contributed by atoms with Crippen LogP contribution in [0.3, 0.4) is 0 Å². The molecule has 2 N–H and O–H groups in total. The van der Waals surface area contributed by atoms with Crippen LogP contribution in [0.5, 0.6) is 0 Å². The maximum absolute atomic E-state index is 12.2. The van der Waals surface area contributed by atoms with Crippen molar-refractivity contribution >= 4 is 28.5 Å². The minimum absolute atomic E-state index is 0.321. The van der Waals surface area contributed by atoms with Gasteiger partial charge >= 0.3 is 5.97 Å². The van der Waals surface area contributed by atoms with Gasteiger partial charge in [-0.15, -0.1) is 0 Å². The number of carboxylic acids is 1. The van der Waals surface area contributed by atoms with Gasteiger partial charge in [0.05, 0.1) is 0 Å². The molecule has 0 aliphatic heterocycles. The van der Waals surface area contributed by atoms with Crippen molar-refractivity contribution < 1.29 is 9.90 Å². The third kappa shape index (κ3) is 4.81. The molecule has 3 aromatic rings. The molecule has 5 nitrogen and oxygen atoms in total. The fourth-order valence-electron chi connectivity index (χ4n) is 3.75. The highest BCUT2D eigenvalue weighted by atomic mass is 35.5. The number of hydrogen-bond acceptors (Lipinski definition) is 3. The first kappa shape index (κ1) is 21.4. The highest BCUT2D eigenvalue weighted by Gasteiger charge is 2.22. The number of nitrogens with one attached hydrogen (secondary N) is 1. The van der Waals surface area contributed by atoms with Gasteiger partial charge in [0.2, 0.25) is 0 Å². The van der Waals surface area contributed by atoms with E-state index in [-0.39, 0.29) is 0 Å². The van der Waals surface area contributed by atoms with Crippen LogP contribution in [0.2, 0.25) is 5.02 Å². The lowest BCUT2D eigenvalue weighted by Crippen LogP contribution is -2.31. The van der Waals surface area contributed by atoms with Crippen molar-refractivity contribution in [2.75, 3.05) is 26.2 Å². The Morgan fingerprint density at radius 2 is 1.79 bits per heavy atom. The molecule has 29 heavy (non-hydrogen) atoms. The maximum atomic E-state index is 12.2. The SMILES string of the molecule is CCN(CC)CCNCc1c(C(=O)O)n(Cc2ccccc2Cl)c2ccccc12. The first-order valence-electron chi connectivity index (χ1n) is 10.1. The Morgan fingerprint density at radius 3 is 2.48 bits per heavy atom. The highest BCUT2D eigenvalue weighted by Crippen LogP contribution is 2.28. The molecule has 1 aromatic heterocycles. The van der Waals surface area contributed by atoms with Gasteiger partial charge in [0.15, 0.2) is 0 Å².